The first-order chi connectivity index (χ1) is 9.89. The van der Waals surface area contributed by atoms with Gasteiger partial charge in [-0.25, -0.2) is 0 Å². The van der Waals surface area contributed by atoms with Crippen molar-refractivity contribution >= 4 is 11.6 Å². The van der Waals surface area contributed by atoms with Crippen LogP contribution >= 0.6 is 0 Å². The van der Waals surface area contributed by atoms with Gasteiger partial charge in [0.15, 0.2) is 11.5 Å². The monoisotopic (exact) mass is 296 g/mol. The fourth-order valence-electron chi connectivity index (χ4n) is 1.96. The number of likely N-dealkylation sites (N-methyl/N-ethyl adjacent to an activating group) is 1. The van der Waals surface area contributed by atoms with Crippen molar-refractivity contribution in [3.8, 4) is 17.2 Å². The smallest absolute Gasteiger partial charge is 0.244 e. The lowest BCUT2D eigenvalue weighted by atomic mass is 10.0. The van der Waals surface area contributed by atoms with E-state index in [0.29, 0.717) is 29.5 Å². The van der Waals surface area contributed by atoms with Crippen molar-refractivity contribution in [2.45, 2.75) is 26.3 Å². The highest BCUT2D eigenvalue weighted by molar-refractivity contribution is 5.98. The summed E-state index contributed by atoms with van der Waals surface area (Å²) >= 11 is 0. The maximum Gasteiger partial charge on any atom is 0.244 e. The molecule has 0 aliphatic rings. The van der Waals surface area contributed by atoms with E-state index in [1.807, 2.05) is 20.8 Å². The molecule has 0 radical (unpaired) electrons. The quantitative estimate of drug-likeness (QED) is 0.806. The molecule has 0 saturated carbocycles. The Balaban J connectivity index is 3.07. The van der Waals surface area contributed by atoms with Crippen LogP contribution in [0.1, 0.15) is 20.8 Å². The Morgan fingerprint density at radius 2 is 1.62 bits per heavy atom. The molecule has 0 heterocycles. The van der Waals surface area contributed by atoms with Gasteiger partial charge in [-0.2, -0.15) is 0 Å². The molecule has 1 aromatic rings. The maximum atomic E-state index is 12.3. The van der Waals surface area contributed by atoms with Crippen LogP contribution in [0.5, 0.6) is 17.2 Å². The number of nitrogens with one attached hydrogen (secondary N) is 2. The summed E-state index contributed by atoms with van der Waals surface area (Å²) in [7, 11) is 4.60. The van der Waals surface area contributed by atoms with Gasteiger partial charge in [-0.3, -0.25) is 4.79 Å². The van der Waals surface area contributed by atoms with Gasteiger partial charge < -0.3 is 24.8 Å². The average molecular weight is 296 g/mol. The number of benzene rings is 1. The second-order valence-corrected chi connectivity index (χ2v) is 5.02. The molecule has 2 N–H and O–H groups in total. The molecule has 118 valence electrons. The summed E-state index contributed by atoms with van der Waals surface area (Å²) in [6.45, 7) is 6.30. The number of hydrogen-bond donors (Lipinski definition) is 2. The number of methoxy groups -OCH3 is 3. The number of hydrogen-bond acceptors (Lipinski definition) is 5. The highest BCUT2D eigenvalue weighted by atomic mass is 16.5. The standard InChI is InChI=1S/C15H24N2O4/c1-7-16-15(2,3)14(18)17-10-8-11(19-4)13(21-6)12(9-10)20-5/h8-9,16H,7H2,1-6H3,(H,17,18). The van der Waals surface area contributed by atoms with Crippen molar-refractivity contribution in [1.82, 2.24) is 5.32 Å². The van der Waals surface area contributed by atoms with Crippen molar-refractivity contribution in [3.63, 3.8) is 0 Å². The number of anilines is 1. The maximum absolute atomic E-state index is 12.3. The van der Waals surface area contributed by atoms with Crippen LogP contribution in [0.2, 0.25) is 0 Å². The summed E-state index contributed by atoms with van der Waals surface area (Å²) in [4.78, 5) is 12.3. The molecule has 1 aromatic carbocycles. The molecule has 0 aromatic heterocycles. The SMILES string of the molecule is CCNC(C)(C)C(=O)Nc1cc(OC)c(OC)c(OC)c1. The van der Waals surface area contributed by atoms with Crippen LogP contribution in [0.25, 0.3) is 0 Å². The topological polar surface area (TPSA) is 68.8 Å². The van der Waals surface area contributed by atoms with E-state index in [1.54, 1.807) is 12.1 Å². The first-order valence-corrected chi connectivity index (χ1v) is 6.76. The van der Waals surface area contributed by atoms with Gasteiger partial charge in [-0.1, -0.05) is 6.92 Å². The van der Waals surface area contributed by atoms with Crippen molar-refractivity contribution in [3.05, 3.63) is 12.1 Å². The summed E-state index contributed by atoms with van der Waals surface area (Å²) in [5.74, 6) is 1.34. The van der Waals surface area contributed by atoms with Crippen LogP contribution in [0.3, 0.4) is 0 Å². The van der Waals surface area contributed by atoms with Crippen LogP contribution in [0, 0.1) is 0 Å². The van der Waals surface area contributed by atoms with E-state index >= 15 is 0 Å². The molecule has 1 amide bonds. The van der Waals surface area contributed by atoms with E-state index in [4.69, 9.17) is 14.2 Å². The molecule has 0 saturated heterocycles. The molecule has 0 aliphatic carbocycles. The zero-order chi connectivity index (χ0) is 16.0. The fraction of sp³-hybridized carbons (Fsp3) is 0.533. The Labute approximate surface area is 125 Å². The lowest BCUT2D eigenvalue weighted by Gasteiger charge is -2.25. The largest absolute Gasteiger partial charge is 0.493 e. The number of ether oxygens (including phenoxy) is 3. The van der Waals surface area contributed by atoms with Gasteiger partial charge >= 0.3 is 0 Å². The zero-order valence-corrected chi connectivity index (χ0v) is 13.5. The normalized spacial score (nSPS) is 11.0. The van der Waals surface area contributed by atoms with Crippen LogP contribution in [0.15, 0.2) is 12.1 Å². The predicted octanol–water partition coefficient (Wildman–Crippen LogP) is 2.04. The van der Waals surface area contributed by atoms with Gasteiger partial charge in [0, 0.05) is 17.8 Å². The third-order valence-electron chi connectivity index (χ3n) is 3.11. The van der Waals surface area contributed by atoms with Gasteiger partial charge in [0.05, 0.1) is 26.9 Å². The predicted molar refractivity (Wildman–Crippen MR) is 82.5 cm³/mol. The molecule has 0 aliphatic heterocycles. The van der Waals surface area contributed by atoms with Crippen LogP contribution in [0.4, 0.5) is 5.69 Å². The van der Waals surface area contributed by atoms with E-state index < -0.39 is 5.54 Å². The fourth-order valence-corrected chi connectivity index (χ4v) is 1.96. The molecule has 6 heteroatoms. The lowest BCUT2D eigenvalue weighted by molar-refractivity contribution is -0.121. The lowest BCUT2D eigenvalue weighted by Crippen LogP contribution is -2.49. The van der Waals surface area contributed by atoms with Crippen LogP contribution in [-0.2, 0) is 4.79 Å². The van der Waals surface area contributed by atoms with Gasteiger partial charge in [0.25, 0.3) is 0 Å². The Bertz CT molecular complexity index is 475. The van der Waals surface area contributed by atoms with Crippen LogP contribution < -0.4 is 24.8 Å². The molecular weight excluding hydrogens is 272 g/mol. The Morgan fingerprint density at radius 1 is 1.10 bits per heavy atom. The van der Waals surface area contributed by atoms with Gasteiger partial charge in [-0.05, 0) is 20.4 Å². The van der Waals surface area contributed by atoms with E-state index in [1.165, 1.54) is 21.3 Å². The number of rotatable bonds is 7. The molecular formula is C15H24N2O4. The molecule has 21 heavy (non-hydrogen) atoms. The van der Waals surface area contributed by atoms with E-state index in [2.05, 4.69) is 10.6 Å². The number of carbonyl (C=O) groups is 1. The summed E-state index contributed by atoms with van der Waals surface area (Å²) < 4.78 is 15.8. The second kappa shape index (κ2) is 7.17. The molecule has 0 spiro atoms. The minimum atomic E-state index is -0.671. The molecule has 1 rings (SSSR count). The average Bonchev–Trinajstić information content (AvgIpc) is 2.45. The highest BCUT2D eigenvalue weighted by Crippen LogP contribution is 2.40. The van der Waals surface area contributed by atoms with E-state index in [9.17, 15) is 4.79 Å². The molecule has 0 atom stereocenters. The first-order valence-electron chi connectivity index (χ1n) is 6.76. The summed E-state index contributed by atoms with van der Waals surface area (Å²) in [6, 6.07) is 3.39. The van der Waals surface area contributed by atoms with E-state index in [0.717, 1.165) is 0 Å². The molecule has 0 fully saturated rings. The molecule has 0 unspecified atom stereocenters. The van der Waals surface area contributed by atoms with Crippen molar-refractivity contribution < 1.29 is 19.0 Å². The Hall–Kier alpha value is -1.95. The number of amides is 1. The number of carbonyl (C=O) groups excluding carboxylic acids is 1. The summed E-state index contributed by atoms with van der Waals surface area (Å²) in [5, 5.41) is 5.97. The third kappa shape index (κ3) is 4.01. The van der Waals surface area contributed by atoms with Crippen molar-refractivity contribution in [2.24, 2.45) is 0 Å². The van der Waals surface area contributed by atoms with Gasteiger partial charge in [-0.15, -0.1) is 0 Å². The van der Waals surface area contributed by atoms with Crippen molar-refractivity contribution in [1.29, 1.82) is 0 Å². The zero-order valence-electron chi connectivity index (χ0n) is 13.5. The second-order valence-electron chi connectivity index (χ2n) is 5.02. The van der Waals surface area contributed by atoms with E-state index in [-0.39, 0.29) is 5.91 Å². The van der Waals surface area contributed by atoms with Gasteiger partial charge in [0.2, 0.25) is 11.7 Å². The minimum absolute atomic E-state index is 0.140. The Kier molecular flexibility index (Phi) is 5.84. The molecule has 0 bridgehead atoms. The summed E-state index contributed by atoms with van der Waals surface area (Å²) in [5.41, 5.74) is -0.0877. The first kappa shape index (κ1) is 17.1. The Morgan fingerprint density at radius 3 is 2.00 bits per heavy atom. The third-order valence-corrected chi connectivity index (χ3v) is 3.11. The summed E-state index contributed by atoms with van der Waals surface area (Å²) in [6.07, 6.45) is 0. The van der Waals surface area contributed by atoms with Gasteiger partial charge in [0.1, 0.15) is 0 Å². The van der Waals surface area contributed by atoms with Crippen LogP contribution in [-0.4, -0.2) is 39.3 Å². The molecule has 6 nitrogen and oxygen atoms in total. The minimum Gasteiger partial charge on any atom is -0.493 e. The van der Waals surface area contributed by atoms with Crippen molar-refractivity contribution in [2.75, 3.05) is 33.2 Å². The highest BCUT2D eigenvalue weighted by Gasteiger charge is 2.26.